The van der Waals surface area contributed by atoms with Gasteiger partial charge in [0.15, 0.2) is 0 Å². The van der Waals surface area contributed by atoms with Gasteiger partial charge in [-0.15, -0.1) is 0 Å². The zero-order chi connectivity index (χ0) is 19.3. The van der Waals surface area contributed by atoms with Crippen molar-refractivity contribution in [2.24, 2.45) is 0 Å². The number of carbonyl (C=O) groups is 1. The van der Waals surface area contributed by atoms with Gasteiger partial charge < -0.3 is 14.7 Å². The Labute approximate surface area is 165 Å². The number of carbonyl (C=O) groups excluding carboxylic acids is 1. The number of pyridine rings is 2. The predicted molar refractivity (Wildman–Crippen MR) is 112 cm³/mol. The first-order chi connectivity index (χ1) is 13.7. The molecule has 0 aliphatic carbocycles. The van der Waals surface area contributed by atoms with Gasteiger partial charge in [0.05, 0.1) is 17.4 Å². The molecule has 1 fully saturated rings. The molecule has 0 saturated carbocycles. The van der Waals surface area contributed by atoms with E-state index in [0.29, 0.717) is 5.56 Å². The number of rotatable bonds is 4. The number of amides is 1. The molecule has 4 rings (SSSR count). The monoisotopic (exact) mass is 373 g/mol. The molecule has 1 aromatic carbocycles. The fourth-order valence-corrected chi connectivity index (χ4v) is 3.41. The van der Waals surface area contributed by atoms with Gasteiger partial charge in [-0.25, -0.2) is 4.98 Å². The van der Waals surface area contributed by atoms with Gasteiger partial charge in [0, 0.05) is 51.3 Å². The molecule has 0 atom stereocenters. The first-order valence-electron chi connectivity index (χ1n) is 9.41. The third-order valence-corrected chi connectivity index (χ3v) is 5.04. The van der Waals surface area contributed by atoms with Gasteiger partial charge in [-0.2, -0.15) is 0 Å². The van der Waals surface area contributed by atoms with E-state index in [0.717, 1.165) is 43.4 Å². The zero-order valence-corrected chi connectivity index (χ0v) is 15.9. The van der Waals surface area contributed by atoms with Gasteiger partial charge in [0.25, 0.3) is 5.91 Å². The van der Waals surface area contributed by atoms with Crippen LogP contribution in [0, 0.1) is 0 Å². The minimum atomic E-state index is -0.0623. The lowest BCUT2D eigenvalue weighted by Crippen LogP contribution is -2.46. The van der Waals surface area contributed by atoms with Gasteiger partial charge in [-0.1, -0.05) is 24.3 Å². The van der Waals surface area contributed by atoms with E-state index in [1.807, 2.05) is 67.0 Å². The van der Waals surface area contributed by atoms with Crippen LogP contribution in [0.25, 0.3) is 0 Å². The first kappa shape index (κ1) is 18.0. The molecule has 0 unspecified atom stereocenters. The van der Waals surface area contributed by atoms with Crippen molar-refractivity contribution in [2.75, 3.05) is 47.9 Å². The van der Waals surface area contributed by atoms with Crippen LogP contribution in [0.5, 0.6) is 0 Å². The molecular formula is C22H23N5O. The molecule has 0 bridgehead atoms. The number of anilines is 3. The molecule has 0 radical (unpaired) electrons. The summed E-state index contributed by atoms with van der Waals surface area (Å²) in [4.78, 5) is 27.8. The number of nitrogens with zero attached hydrogens (tertiary/aromatic N) is 5. The van der Waals surface area contributed by atoms with Gasteiger partial charge in [-0.3, -0.25) is 9.78 Å². The fourth-order valence-electron chi connectivity index (χ4n) is 3.41. The topological polar surface area (TPSA) is 52.6 Å². The normalized spacial score (nSPS) is 14.0. The molecule has 142 valence electrons. The molecule has 3 heterocycles. The highest BCUT2D eigenvalue weighted by Gasteiger charge is 2.20. The quantitative estimate of drug-likeness (QED) is 0.703. The molecule has 28 heavy (non-hydrogen) atoms. The summed E-state index contributed by atoms with van der Waals surface area (Å²) < 4.78 is 0. The third kappa shape index (κ3) is 3.81. The fraction of sp³-hybridized carbons (Fsp3) is 0.227. The maximum atomic E-state index is 12.9. The smallest absolute Gasteiger partial charge is 0.259 e. The van der Waals surface area contributed by atoms with Crippen molar-refractivity contribution in [1.82, 2.24) is 9.97 Å². The molecule has 1 saturated heterocycles. The molecule has 6 nitrogen and oxygen atoms in total. The predicted octanol–water partition coefficient (Wildman–Crippen LogP) is 3.08. The van der Waals surface area contributed by atoms with Crippen molar-refractivity contribution in [1.29, 1.82) is 0 Å². The summed E-state index contributed by atoms with van der Waals surface area (Å²) in [6, 6.07) is 17.6. The lowest BCUT2D eigenvalue weighted by molar-refractivity contribution is 0.0992. The summed E-state index contributed by atoms with van der Waals surface area (Å²) >= 11 is 0. The van der Waals surface area contributed by atoms with Crippen LogP contribution in [-0.4, -0.2) is 49.1 Å². The number of hydrogen-bond donors (Lipinski definition) is 0. The van der Waals surface area contributed by atoms with Crippen molar-refractivity contribution in [3.05, 3.63) is 78.8 Å². The van der Waals surface area contributed by atoms with Crippen LogP contribution in [0.15, 0.2) is 73.2 Å². The van der Waals surface area contributed by atoms with E-state index < -0.39 is 0 Å². The van der Waals surface area contributed by atoms with E-state index in [9.17, 15) is 4.79 Å². The lowest BCUT2D eigenvalue weighted by atomic mass is 10.2. The maximum Gasteiger partial charge on any atom is 0.259 e. The molecular weight excluding hydrogens is 350 g/mol. The Balaban J connectivity index is 1.45. The van der Waals surface area contributed by atoms with E-state index in [4.69, 9.17) is 0 Å². The summed E-state index contributed by atoms with van der Waals surface area (Å²) in [5, 5.41) is 0. The SMILES string of the molecule is CN(C(=O)c1cncc(N2CCN(c3ccccn3)CC2)c1)c1ccccc1. The van der Waals surface area contributed by atoms with Crippen molar-refractivity contribution in [3.63, 3.8) is 0 Å². The summed E-state index contributed by atoms with van der Waals surface area (Å²) in [5.74, 6) is 0.946. The summed E-state index contributed by atoms with van der Waals surface area (Å²) in [6.07, 6.45) is 5.29. The van der Waals surface area contributed by atoms with Gasteiger partial charge in [0.2, 0.25) is 0 Å². The Morgan fingerprint density at radius 1 is 0.929 bits per heavy atom. The van der Waals surface area contributed by atoms with Crippen LogP contribution in [-0.2, 0) is 0 Å². The van der Waals surface area contributed by atoms with Crippen LogP contribution >= 0.6 is 0 Å². The second kappa shape index (κ2) is 8.08. The second-order valence-electron chi connectivity index (χ2n) is 6.79. The van der Waals surface area contributed by atoms with Crippen LogP contribution in [0.1, 0.15) is 10.4 Å². The number of aromatic nitrogens is 2. The summed E-state index contributed by atoms with van der Waals surface area (Å²) in [6.45, 7) is 3.51. The molecule has 3 aromatic rings. The molecule has 0 N–H and O–H groups in total. The number of benzene rings is 1. The van der Waals surface area contributed by atoms with Gasteiger partial charge in [0.1, 0.15) is 5.82 Å². The number of piperazine rings is 1. The summed E-state index contributed by atoms with van der Waals surface area (Å²) in [7, 11) is 1.79. The van der Waals surface area contributed by atoms with Crippen molar-refractivity contribution < 1.29 is 4.79 Å². The summed E-state index contributed by atoms with van der Waals surface area (Å²) in [5.41, 5.74) is 2.44. The van der Waals surface area contributed by atoms with Gasteiger partial charge in [-0.05, 0) is 30.3 Å². The van der Waals surface area contributed by atoms with Crippen molar-refractivity contribution in [2.45, 2.75) is 0 Å². The Bertz CT molecular complexity index is 924. The Morgan fingerprint density at radius 3 is 2.36 bits per heavy atom. The van der Waals surface area contributed by atoms with E-state index in [1.165, 1.54) is 0 Å². The largest absolute Gasteiger partial charge is 0.367 e. The van der Waals surface area contributed by atoms with Crippen LogP contribution in [0.3, 0.4) is 0 Å². The molecule has 2 aromatic heterocycles. The molecule has 1 aliphatic heterocycles. The molecule has 1 aliphatic rings. The second-order valence-corrected chi connectivity index (χ2v) is 6.79. The average Bonchev–Trinajstić information content (AvgIpc) is 2.79. The first-order valence-corrected chi connectivity index (χ1v) is 9.41. The highest BCUT2D eigenvalue weighted by molar-refractivity contribution is 6.06. The molecule has 1 amide bonds. The van der Waals surface area contributed by atoms with Crippen LogP contribution in [0.2, 0.25) is 0 Å². The number of para-hydroxylation sites is 1. The third-order valence-electron chi connectivity index (χ3n) is 5.04. The Morgan fingerprint density at radius 2 is 1.64 bits per heavy atom. The average molecular weight is 373 g/mol. The van der Waals surface area contributed by atoms with Gasteiger partial charge >= 0.3 is 0 Å². The Hall–Kier alpha value is -3.41. The minimum Gasteiger partial charge on any atom is -0.367 e. The van der Waals surface area contributed by atoms with E-state index >= 15 is 0 Å². The number of hydrogen-bond acceptors (Lipinski definition) is 5. The van der Waals surface area contributed by atoms with E-state index in [1.54, 1.807) is 18.1 Å². The lowest BCUT2D eigenvalue weighted by Gasteiger charge is -2.36. The van der Waals surface area contributed by atoms with E-state index in [-0.39, 0.29) is 5.91 Å². The standard InChI is InChI=1S/C22H23N5O/c1-25(19-7-3-2-4-8-19)22(28)18-15-20(17-23-16-18)26-11-13-27(14-12-26)21-9-5-6-10-24-21/h2-10,15-17H,11-14H2,1H3. The maximum absolute atomic E-state index is 12.9. The van der Waals surface area contributed by atoms with Crippen LogP contribution < -0.4 is 14.7 Å². The van der Waals surface area contributed by atoms with E-state index in [2.05, 4.69) is 19.8 Å². The minimum absolute atomic E-state index is 0.0623. The highest BCUT2D eigenvalue weighted by Crippen LogP contribution is 2.21. The molecule has 6 heteroatoms. The molecule has 0 spiro atoms. The van der Waals surface area contributed by atoms with Crippen molar-refractivity contribution in [3.8, 4) is 0 Å². The highest BCUT2D eigenvalue weighted by atomic mass is 16.2. The van der Waals surface area contributed by atoms with Crippen LogP contribution in [0.4, 0.5) is 17.2 Å². The Kier molecular flexibility index (Phi) is 5.19. The van der Waals surface area contributed by atoms with Crippen molar-refractivity contribution >= 4 is 23.1 Å². The zero-order valence-electron chi connectivity index (χ0n) is 15.9.